The summed E-state index contributed by atoms with van der Waals surface area (Å²) < 4.78 is 0. The zero-order valence-corrected chi connectivity index (χ0v) is 14.4. The molecule has 2 heteroatoms. The van der Waals surface area contributed by atoms with Gasteiger partial charge in [-0.25, -0.2) is 0 Å². The van der Waals surface area contributed by atoms with Crippen LogP contribution in [0.4, 0.5) is 0 Å². The number of nitrogens with one attached hydrogen (secondary N) is 1. The van der Waals surface area contributed by atoms with Crippen molar-refractivity contribution in [2.24, 2.45) is 0 Å². The molecule has 1 amide bonds. The lowest BCUT2D eigenvalue weighted by Crippen LogP contribution is -2.33. The first-order valence-corrected chi connectivity index (χ1v) is 8.44. The molecule has 2 nitrogen and oxygen atoms in total. The van der Waals surface area contributed by atoms with E-state index in [0.29, 0.717) is 6.42 Å². The summed E-state index contributed by atoms with van der Waals surface area (Å²) in [6.07, 6.45) is 3.33. The van der Waals surface area contributed by atoms with Gasteiger partial charge in [-0.05, 0) is 56.7 Å². The zero-order chi connectivity index (χ0) is 16.7. The lowest BCUT2D eigenvalue weighted by Gasteiger charge is -2.14. The average Bonchev–Trinajstić information content (AvgIpc) is 2.53. The van der Waals surface area contributed by atoms with E-state index >= 15 is 0 Å². The smallest absolute Gasteiger partial charge is 0.220 e. The molecule has 1 atom stereocenters. The van der Waals surface area contributed by atoms with Gasteiger partial charge in [0.05, 0.1) is 0 Å². The standard InChI is InChI=1S/C21H27NO/c1-16-9-12-20(17(2)15-16)13-14-21(23)22-18(3)10-11-19-7-5-4-6-8-19/h4-9,12,15,18H,10-11,13-14H2,1-3H3,(H,22,23). The third-order valence-corrected chi connectivity index (χ3v) is 4.24. The van der Waals surface area contributed by atoms with Crippen molar-refractivity contribution in [1.29, 1.82) is 0 Å². The van der Waals surface area contributed by atoms with Gasteiger partial charge in [-0.3, -0.25) is 4.79 Å². The first-order chi connectivity index (χ1) is 11.0. The summed E-state index contributed by atoms with van der Waals surface area (Å²) in [5.74, 6) is 0.144. The van der Waals surface area contributed by atoms with Crippen molar-refractivity contribution in [2.75, 3.05) is 0 Å². The van der Waals surface area contributed by atoms with Crippen molar-refractivity contribution in [1.82, 2.24) is 5.32 Å². The van der Waals surface area contributed by atoms with Gasteiger partial charge in [0.1, 0.15) is 0 Å². The first kappa shape index (κ1) is 17.3. The Hall–Kier alpha value is -2.09. The van der Waals surface area contributed by atoms with Gasteiger partial charge < -0.3 is 5.32 Å². The highest BCUT2D eigenvalue weighted by atomic mass is 16.1. The number of benzene rings is 2. The minimum absolute atomic E-state index is 0.144. The molecule has 0 aliphatic carbocycles. The Morgan fingerprint density at radius 1 is 1.04 bits per heavy atom. The SMILES string of the molecule is Cc1ccc(CCC(=O)NC(C)CCc2ccccc2)c(C)c1. The number of carbonyl (C=O) groups is 1. The van der Waals surface area contributed by atoms with Crippen LogP contribution in [0.3, 0.4) is 0 Å². The molecule has 0 aromatic heterocycles. The van der Waals surface area contributed by atoms with E-state index in [1.165, 1.54) is 22.3 Å². The van der Waals surface area contributed by atoms with E-state index in [9.17, 15) is 4.79 Å². The molecule has 2 aromatic carbocycles. The highest BCUT2D eigenvalue weighted by molar-refractivity contribution is 5.76. The number of rotatable bonds is 7. The molecule has 0 bridgehead atoms. The third kappa shape index (κ3) is 5.90. The van der Waals surface area contributed by atoms with Crippen LogP contribution in [0.1, 0.15) is 42.0 Å². The van der Waals surface area contributed by atoms with E-state index < -0.39 is 0 Å². The molecule has 0 saturated carbocycles. The van der Waals surface area contributed by atoms with Crippen LogP contribution in [-0.4, -0.2) is 11.9 Å². The fraction of sp³-hybridized carbons (Fsp3) is 0.381. The Morgan fingerprint density at radius 2 is 1.78 bits per heavy atom. The summed E-state index contributed by atoms with van der Waals surface area (Å²) in [4.78, 5) is 12.1. The van der Waals surface area contributed by atoms with Crippen LogP contribution < -0.4 is 5.32 Å². The van der Waals surface area contributed by atoms with Gasteiger partial charge in [0.2, 0.25) is 5.91 Å². The van der Waals surface area contributed by atoms with Crippen molar-refractivity contribution >= 4 is 5.91 Å². The molecular formula is C21H27NO. The molecular weight excluding hydrogens is 282 g/mol. The van der Waals surface area contributed by atoms with Crippen molar-refractivity contribution in [3.8, 4) is 0 Å². The maximum atomic E-state index is 12.1. The van der Waals surface area contributed by atoms with Crippen LogP contribution >= 0.6 is 0 Å². The lowest BCUT2D eigenvalue weighted by atomic mass is 10.0. The minimum Gasteiger partial charge on any atom is -0.354 e. The normalized spacial score (nSPS) is 12.0. The van der Waals surface area contributed by atoms with Gasteiger partial charge >= 0.3 is 0 Å². The Bertz CT molecular complexity index is 634. The summed E-state index contributed by atoms with van der Waals surface area (Å²) in [5, 5.41) is 3.11. The molecule has 0 aliphatic rings. The van der Waals surface area contributed by atoms with Gasteiger partial charge in [-0.1, -0.05) is 54.1 Å². The second-order valence-corrected chi connectivity index (χ2v) is 6.42. The maximum absolute atomic E-state index is 12.1. The van der Waals surface area contributed by atoms with Crippen molar-refractivity contribution in [3.63, 3.8) is 0 Å². The second-order valence-electron chi connectivity index (χ2n) is 6.42. The number of carbonyl (C=O) groups excluding carboxylic acids is 1. The third-order valence-electron chi connectivity index (χ3n) is 4.24. The molecule has 0 saturated heterocycles. The van der Waals surface area contributed by atoms with E-state index in [-0.39, 0.29) is 11.9 Å². The van der Waals surface area contributed by atoms with E-state index in [1.54, 1.807) is 0 Å². The van der Waals surface area contributed by atoms with Crippen molar-refractivity contribution in [3.05, 3.63) is 70.8 Å². The van der Waals surface area contributed by atoms with Crippen LogP contribution in [0.25, 0.3) is 0 Å². The molecule has 0 fully saturated rings. The van der Waals surface area contributed by atoms with Gasteiger partial charge in [-0.2, -0.15) is 0 Å². The Balaban J connectivity index is 1.73. The van der Waals surface area contributed by atoms with E-state index in [0.717, 1.165) is 19.3 Å². The predicted molar refractivity (Wildman–Crippen MR) is 96.6 cm³/mol. The molecule has 2 rings (SSSR count). The average molecular weight is 309 g/mol. The van der Waals surface area contributed by atoms with Gasteiger partial charge in [0, 0.05) is 12.5 Å². The molecule has 0 heterocycles. The molecule has 2 aromatic rings. The van der Waals surface area contributed by atoms with Crippen molar-refractivity contribution < 1.29 is 4.79 Å². The molecule has 1 N–H and O–H groups in total. The van der Waals surface area contributed by atoms with Crippen LogP contribution in [0.15, 0.2) is 48.5 Å². The van der Waals surface area contributed by atoms with Gasteiger partial charge in [0.15, 0.2) is 0 Å². The van der Waals surface area contributed by atoms with Gasteiger partial charge in [-0.15, -0.1) is 0 Å². The maximum Gasteiger partial charge on any atom is 0.220 e. The summed E-state index contributed by atoms with van der Waals surface area (Å²) in [6.45, 7) is 6.29. The number of amides is 1. The summed E-state index contributed by atoms with van der Waals surface area (Å²) >= 11 is 0. The molecule has 0 aliphatic heterocycles. The van der Waals surface area contributed by atoms with E-state index in [1.807, 2.05) is 6.07 Å². The van der Waals surface area contributed by atoms with E-state index in [2.05, 4.69) is 68.6 Å². The topological polar surface area (TPSA) is 29.1 Å². The monoisotopic (exact) mass is 309 g/mol. The van der Waals surface area contributed by atoms with Gasteiger partial charge in [0.25, 0.3) is 0 Å². The van der Waals surface area contributed by atoms with Crippen LogP contribution in [0.5, 0.6) is 0 Å². The highest BCUT2D eigenvalue weighted by Crippen LogP contribution is 2.12. The molecule has 23 heavy (non-hydrogen) atoms. The lowest BCUT2D eigenvalue weighted by molar-refractivity contribution is -0.121. The predicted octanol–water partition coefficient (Wildman–Crippen LogP) is 4.37. The largest absolute Gasteiger partial charge is 0.354 e. The number of hydrogen-bond donors (Lipinski definition) is 1. The zero-order valence-electron chi connectivity index (χ0n) is 14.4. The number of aryl methyl sites for hydroxylation is 4. The fourth-order valence-corrected chi connectivity index (χ4v) is 2.82. The Morgan fingerprint density at radius 3 is 2.48 bits per heavy atom. The quantitative estimate of drug-likeness (QED) is 0.808. The van der Waals surface area contributed by atoms with Crippen molar-refractivity contribution in [2.45, 2.75) is 52.5 Å². The second kappa shape index (κ2) is 8.52. The minimum atomic E-state index is 0.144. The highest BCUT2D eigenvalue weighted by Gasteiger charge is 2.08. The first-order valence-electron chi connectivity index (χ1n) is 8.44. The van der Waals surface area contributed by atoms with Crippen LogP contribution in [0, 0.1) is 13.8 Å². The number of hydrogen-bond acceptors (Lipinski definition) is 1. The molecule has 122 valence electrons. The molecule has 0 spiro atoms. The molecule has 0 radical (unpaired) electrons. The summed E-state index contributed by atoms with van der Waals surface area (Å²) in [5.41, 5.74) is 5.13. The summed E-state index contributed by atoms with van der Waals surface area (Å²) in [7, 11) is 0. The van der Waals surface area contributed by atoms with E-state index in [4.69, 9.17) is 0 Å². The Kier molecular flexibility index (Phi) is 6.40. The van der Waals surface area contributed by atoms with Crippen LogP contribution in [0.2, 0.25) is 0 Å². The fourth-order valence-electron chi connectivity index (χ4n) is 2.82. The van der Waals surface area contributed by atoms with Crippen LogP contribution in [-0.2, 0) is 17.6 Å². The molecule has 1 unspecified atom stereocenters. The Labute approximate surface area is 139 Å². The summed E-state index contributed by atoms with van der Waals surface area (Å²) in [6, 6.07) is 17.0.